The van der Waals surface area contributed by atoms with Gasteiger partial charge in [-0.15, -0.1) is 0 Å². The van der Waals surface area contributed by atoms with Crippen molar-refractivity contribution in [2.24, 2.45) is 5.11 Å². The van der Waals surface area contributed by atoms with Crippen molar-refractivity contribution in [3.8, 4) is 23.2 Å². The van der Waals surface area contributed by atoms with E-state index in [0.717, 1.165) is 60.0 Å². The lowest BCUT2D eigenvalue weighted by atomic mass is 10.1. The van der Waals surface area contributed by atoms with E-state index in [9.17, 15) is 0 Å². The third-order valence-corrected chi connectivity index (χ3v) is 7.64. The molecule has 0 saturated carbocycles. The molecule has 1 N–H and O–H groups in total. The maximum atomic E-state index is 8.23. The van der Waals surface area contributed by atoms with Crippen molar-refractivity contribution in [2.75, 3.05) is 64.7 Å². The van der Waals surface area contributed by atoms with Crippen molar-refractivity contribution in [1.82, 2.24) is 15.0 Å². The van der Waals surface area contributed by atoms with Crippen molar-refractivity contribution in [3.05, 3.63) is 94.1 Å². The fourth-order valence-electron chi connectivity index (χ4n) is 5.33. The molecule has 244 valence electrons. The van der Waals surface area contributed by atoms with Gasteiger partial charge in [-0.3, -0.25) is 4.98 Å². The number of hydrogen-bond acceptors (Lipinski definition) is 9. The largest absolute Gasteiger partial charge is 0.379 e. The van der Waals surface area contributed by atoms with E-state index in [1.807, 2.05) is 30.3 Å². The summed E-state index contributed by atoms with van der Waals surface area (Å²) in [6, 6.07) is 18.7. The molecular weight excluding hydrogens is 594 g/mol. The number of ether oxygens (including phenoxy) is 4. The molecule has 1 unspecified atom stereocenters. The number of fused-ring (bicyclic) bond motifs is 2. The maximum Gasteiger partial charge on any atom is 0.163 e. The Hall–Kier alpha value is -4.56. The second-order valence-electron chi connectivity index (χ2n) is 11.1. The van der Waals surface area contributed by atoms with Crippen LogP contribution in [-0.2, 0) is 31.8 Å². The molecule has 5 rings (SSSR count). The van der Waals surface area contributed by atoms with Crippen LogP contribution in [0.4, 0.5) is 5.82 Å². The standard InChI is InChI=1S/C36H41N7O4/c37-43-39-15-4-1-5-16-44-18-20-46-22-23-47-21-19-45-17-7-8-28-12-13-29-25-32(26-31(29)24-28)40-36-33-10-2-3-11-34(33)41-35(42-36)30-9-6-14-38-27-30/h2-3,6,9-14,24,27,32H,1,4-5,15-23,25-26H2,(H,40,41,42). The third-order valence-electron chi connectivity index (χ3n) is 7.64. The number of pyridine rings is 1. The zero-order valence-electron chi connectivity index (χ0n) is 26.6. The predicted octanol–water partition coefficient (Wildman–Crippen LogP) is 6.17. The number of anilines is 1. The van der Waals surface area contributed by atoms with E-state index in [4.69, 9.17) is 34.4 Å². The minimum absolute atomic E-state index is 0.230. The summed E-state index contributed by atoms with van der Waals surface area (Å²) in [6.45, 7) is 4.71. The van der Waals surface area contributed by atoms with E-state index in [1.165, 1.54) is 11.1 Å². The van der Waals surface area contributed by atoms with E-state index in [1.54, 1.807) is 12.4 Å². The number of nitrogens with one attached hydrogen (secondary N) is 1. The Kier molecular flexibility index (Phi) is 13.8. The molecular formula is C36H41N7O4. The molecule has 0 aliphatic heterocycles. The number of nitrogens with zero attached hydrogens (tertiary/aromatic N) is 6. The molecule has 2 aromatic carbocycles. The highest BCUT2D eigenvalue weighted by atomic mass is 16.6. The average Bonchev–Trinajstić information content (AvgIpc) is 3.51. The van der Waals surface area contributed by atoms with Crippen molar-refractivity contribution in [2.45, 2.75) is 38.1 Å². The molecule has 47 heavy (non-hydrogen) atoms. The molecule has 0 saturated heterocycles. The smallest absolute Gasteiger partial charge is 0.163 e. The normalized spacial score (nSPS) is 13.5. The fraction of sp³-hybridized carbons (Fsp3) is 0.417. The first kappa shape index (κ1) is 33.8. The molecule has 11 nitrogen and oxygen atoms in total. The average molecular weight is 636 g/mol. The van der Waals surface area contributed by atoms with Gasteiger partial charge in [0.15, 0.2) is 5.82 Å². The lowest BCUT2D eigenvalue weighted by Crippen LogP contribution is -2.20. The summed E-state index contributed by atoms with van der Waals surface area (Å²) in [6.07, 6.45) is 8.22. The molecule has 0 radical (unpaired) electrons. The number of hydrogen-bond donors (Lipinski definition) is 1. The number of para-hydroxylation sites is 1. The SMILES string of the molecule is [N-]=[N+]=NCCCCCOCCOCCOCCOCC#Cc1ccc2c(c1)CC(Nc1nc(-c3cccnc3)nc3ccccc13)C2. The lowest BCUT2D eigenvalue weighted by Gasteiger charge is -2.15. The van der Waals surface area contributed by atoms with Crippen LogP contribution in [0.1, 0.15) is 36.0 Å². The first-order valence-corrected chi connectivity index (χ1v) is 16.2. The maximum absolute atomic E-state index is 8.23. The second-order valence-corrected chi connectivity index (χ2v) is 11.1. The highest BCUT2D eigenvalue weighted by Crippen LogP contribution is 2.29. The van der Waals surface area contributed by atoms with Crippen LogP contribution in [0.2, 0.25) is 0 Å². The van der Waals surface area contributed by atoms with Crippen LogP contribution < -0.4 is 5.32 Å². The van der Waals surface area contributed by atoms with Crippen molar-refractivity contribution >= 4 is 16.7 Å². The molecule has 0 bridgehead atoms. The number of unbranched alkanes of at least 4 members (excludes halogenated alkanes) is 2. The molecule has 1 atom stereocenters. The van der Waals surface area contributed by atoms with Gasteiger partial charge in [0.2, 0.25) is 0 Å². The summed E-state index contributed by atoms with van der Waals surface area (Å²) >= 11 is 0. The highest BCUT2D eigenvalue weighted by molar-refractivity contribution is 5.90. The summed E-state index contributed by atoms with van der Waals surface area (Å²) in [7, 11) is 0. The Labute approximate surface area is 275 Å². The summed E-state index contributed by atoms with van der Waals surface area (Å²) < 4.78 is 22.2. The van der Waals surface area contributed by atoms with Gasteiger partial charge in [-0.1, -0.05) is 41.6 Å². The number of rotatable bonds is 19. The van der Waals surface area contributed by atoms with Gasteiger partial charge in [0.25, 0.3) is 0 Å². The van der Waals surface area contributed by atoms with Gasteiger partial charge in [0.05, 0.1) is 45.2 Å². The summed E-state index contributed by atoms with van der Waals surface area (Å²) in [5, 5.41) is 8.22. The van der Waals surface area contributed by atoms with Gasteiger partial charge in [-0.25, -0.2) is 9.97 Å². The van der Waals surface area contributed by atoms with Crippen LogP contribution in [0.25, 0.3) is 32.7 Å². The predicted molar refractivity (Wildman–Crippen MR) is 182 cm³/mol. The van der Waals surface area contributed by atoms with Crippen molar-refractivity contribution in [3.63, 3.8) is 0 Å². The van der Waals surface area contributed by atoms with Crippen LogP contribution in [0, 0.1) is 11.8 Å². The van der Waals surface area contributed by atoms with Crippen molar-refractivity contribution in [1.29, 1.82) is 0 Å². The Morgan fingerprint density at radius 3 is 2.43 bits per heavy atom. The zero-order chi connectivity index (χ0) is 32.4. The van der Waals surface area contributed by atoms with Crippen LogP contribution in [0.3, 0.4) is 0 Å². The molecule has 2 heterocycles. The van der Waals surface area contributed by atoms with E-state index in [0.29, 0.717) is 65.2 Å². The zero-order valence-corrected chi connectivity index (χ0v) is 26.6. The summed E-state index contributed by atoms with van der Waals surface area (Å²) in [5.74, 6) is 7.85. The Balaban J connectivity index is 0.966. The quantitative estimate of drug-likeness (QED) is 0.0425. The minimum atomic E-state index is 0.230. The van der Waals surface area contributed by atoms with Crippen LogP contribution in [0.5, 0.6) is 0 Å². The first-order chi connectivity index (χ1) is 23.3. The van der Waals surface area contributed by atoms with E-state index in [2.05, 4.69) is 56.4 Å². The molecule has 4 aromatic rings. The van der Waals surface area contributed by atoms with Crippen LogP contribution in [0.15, 0.2) is 72.1 Å². The van der Waals surface area contributed by atoms with Crippen LogP contribution >= 0.6 is 0 Å². The Morgan fingerprint density at radius 1 is 0.830 bits per heavy atom. The van der Waals surface area contributed by atoms with E-state index in [-0.39, 0.29) is 6.04 Å². The molecule has 0 amide bonds. The van der Waals surface area contributed by atoms with Crippen molar-refractivity contribution < 1.29 is 18.9 Å². The van der Waals surface area contributed by atoms with Gasteiger partial charge in [-0.2, -0.15) is 0 Å². The van der Waals surface area contributed by atoms with Gasteiger partial charge < -0.3 is 24.3 Å². The minimum Gasteiger partial charge on any atom is -0.379 e. The van der Waals surface area contributed by atoms with Gasteiger partial charge >= 0.3 is 0 Å². The lowest BCUT2D eigenvalue weighted by molar-refractivity contribution is 0.000929. The summed E-state index contributed by atoms with van der Waals surface area (Å²) in [4.78, 5) is 16.7. The number of azide groups is 1. The molecule has 0 spiro atoms. The monoisotopic (exact) mass is 635 g/mol. The van der Waals surface area contributed by atoms with E-state index < -0.39 is 0 Å². The number of aromatic nitrogens is 3. The molecule has 11 heteroatoms. The van der Waals surface area contributed by atoms with E-state index >= 15 is 0 Å². The molecule has 1 aliphatic carbocycles. The Morgan fingerprint density at radius 2 is 1.62 bits per heavy atom. The summed E-state index contributed by atoms with van der Waals surface area (Å²) in [5.41, 5.74) is 13.7. The molecule has 2 aromatic heterocycles. The topological polar surface area (TPSA) is 136 Å². The first-order valence-electron chi connectivity index (χ1n) is 16.2. The molecule has 0 fully saturated rings. The third kappa shape index (κ3) is 11.0. The van der Waals surface area contributed by atoms with Gasteiger partial charge in [-0.05, 0) is 78.7 Å². The fourth-order valence-corrected chi connectivity index (χ4v) is 5.33. The second kappa shape index (κ2) is 19.2. The van der Waals surface area contributed by atoms with Crippen LogP contribution in [-0.4, -0.2) is 80.4 Å². The molecule has 1 aliphatic rings. The van der Waals surface area contributed by atoms with Gasteiger partial charge in [0, 0.05) is 53.0 Å². The highest BCUT2D eigenvalue weighted by Gasteiger charge is 2.23. The van der Waals surface area contributed by atoms with Gasteiger partial charge in [0.1, 0.15) is 12.4 Å². The Bertz CT molecular complexity index is 1670. The number of benzene rings is 2.